The summed E-state index contributed by atoms with van der Waals surface area (Å²) in [4.78, 5) is 1.50. The molecular weight excluding hydrogens is 240 g/mol. The first-order valence-electron chi connectivity index (χ1n) is 6.62. The Morgan fingerprint density at radius 3 is 2.17 bits per heavy atom. The van der Waals surface area contributed by atoms with E-state index in [1.165, 1.54) is 11.3 Å². The zero-order valence-electron chi connectivity index (χ0n) is 11.8. The molecule has 2 rings (SSSR count). The molecule has 2 aromatic rings. The van der Waals surface area contributed by atoms with Crippen LogP contribution in [0.25, 0.3) is 0 Å². The molecule has 0 aliphatic carbocycles. The number of rotatable bonds is 4. The van der Waals surface area contributed by atoms with E-state index in [4.69, 9.17) is 4.42 Å². The number of furan rings is 1. The Kier molecular flexibility index (Phi) is 6.81. The zero-order chi connectivity index (χ0) is 13.4. The first kappa shape index (κ1) is 15.0. The molecule has 0 radical (unpaired) electrons. The van der Waals surface area contributed by atoms with Crippen LogP contribution in [-0.2, 0) is 12.8 Å². The molecule has 0 amide bonds. The standard InChI is InChI=1S/C8H12O.C8H12S/c2*1-7(2)6-8-4-3-5-9-8/h2*3-5,7H,6H2,1-2H3. The molecule has 2 aromatic heterocycles. The van der Waals surface area contributed by atoms with E-state index in [1.807, 2.05) is 23.5 Å². The van der Waals surface area contributed by atoms with E-state index < -0.39 is 0 Å². The van der Waals surface area contributed by atoms with Gasteiger partial charge in [0.15, 0.2) is 0 Å². The first-order valence-corrected chi connectivity index (χ1v) is 7.50. The minimum Gasteiger partial charge on any atom is -0.469 e. The summed E-state index contributed by atoms with van der Waals surface area (Å²) in [5.74, 6) is 2.57. The van der Waals surface area contributed by atoms with E-state index in [-0.39, 0.29) is 0 Å². The third-order valence-corrected chi connectivity index (χ3v) is 3.28. The van der Waals surface area contributed by atoms with Crippen LogP contribution in [0.15, 0.2) is 40.3 Å². The van der Waals surface area contributed by atoms with E-state index in [1.54, 1.807) is 6.26 Å². The van der Waals surface area contributed by atoms with E-state index in [0.29, 0.717) is 5.92 Å². The molecule has 0 saturated carbocycles. The highest BCUT2D eigenvalue weighted by Crippen LogP contribution is 2.13. The van der Waals surface area contributed by atoms with Gasteiger partial charge in [0, 0.05) is 11.3 Å². The van der Waals surface area contributed by atoms with Gasteiger partial charge in [-0.1, -0.05) is 33.8 Å². The Labute approximate surface area is 115 Å². The molecule has 18 heavy (non-hydrogen) atoms. The topological polar surface area (TPSA) is 13.1 Å². The van der Waals surface area contributed by atoms with Crippen LogP contribution in [0.5, 0.6) is 0 Å². The summed E-state index contributed by atoms with van der Waals surface area (Å²) in [6.45, 7) is 8.87. The Balaban J connectivity index is 0.000000180. The van der Waals surface area contributed by atoms with E-state index in [2.05, 4.69) is 45.2 Å². The van der Waals surface area contributed by atoms with Crippen molar-refractivity contribution in [3.63, 3.8) is 0 Å². The number of hydrogen-bond acceptors (Lipinski definition) is 2. The van der Waals surface area contributed by atoms with Crippen LogP contribution < -0.4 is 0 Å². The largest absolute Gasteiger partial charge is 0.469 e. The van der Waals surface area contributed by atoms with Crippen molar-refractivity contribution in [3.8, 4) is 0 Å². The smallest absolute Gasteiger partial charge is 0.104 e. The molecule has 0 aliphatic heterocycles. The Morgan fingerprint density at radius 1 is 1.00 bits per heavy atom. The van der Waals surface area contributed by atoms with Crippen molar-refractivity contribution in [1.82, 2.24) is 0 Å². The van der Waals surface area contributed by atoms with Crippen molar-refractivity contribution < 1.29 is 4.42 Å². The van der Waals surface area contributed by atoms with Gasteiger partial charge in [0.1, 0.15) is 5.76 Å². The average Bonchev–Trinajstić information content (AvgIpc) is 2.90. The number of hydrogen-bond donors (Lipinski definition) is 0. The monoisotopic (exact) mass is 264 g/mol. The molecule has 2 heterocycles. The van der Waals surface area contributed by atoms with Crippen LogP contribution in [0, 0.1) is 11.8 Å². The van der Waals surface area contributed by atoms with E-state index in [9.17, 15) is 0 Å². The molecule has 100 valence electrons. The molecular formula is C16H24OS. The molecule has 0 aliphatic rings. The lowest BCUT2D eigenvalue weighted by Gasteiger charge is -1.98. The molecule has 0 unspecified atom stereocenters. The Hall–Kier alpha value is -1.02. The fraction of sp³-hybridized carbons (Fsp3) is 0.500. The third kappa shape index (κ3) is 6.65. The maximum atomic E-state index is 5.14. The van der Waals surface area contributed by atoms with E-state index >= 15 is 0 Å². The SMILES string of the molecule is CC(C)Cc1ccco1.CC(C)Cc1cccs1. The minimum absolute atomic E-state index is 0.691. The second-order valence-electron chi connectivity index (χ2n) is 5.35. The lowest BCUT2D eigenvalue weighted by Crippen LogP contribution is -1.90. The third-order valence-electron chi connectivity index (χ3n) is 2.38. The molecule has 1 nitrogen and oxygen atoms in total. The Morgan fingerprint density at radius 2 is 1.72 bits per heavy atom. The molecule has 0 bridgehead atoms. The highest BCUT2D eigenvalue weighted by atomic mass is 32.1. The maximum absolute atomic E-state index is 5.14. The minimum atomic E-state index is 0.691. The van der Waals surface area contributed by atoms with Gasteiger partial charge in [-0.25, -0.2) is 0 Å². The van der Waals surface area contributed by atoms with E-state index in [0.717, 1.165) is 18.1 Å². The van der Waals surface area contributed by atoms with Crippen LogP contribution in [0.2, 0.25) is 0 Å². The molecule has 0 saturated heterocycles. The highest BCUT2D eigenvalue weighted by molar-refractivity contribution is 7.09. The first-order chi connectivity index (χ1) is 8.58. The molecule has 0 fully saturated rings. The van der Waals surface area contributed by atoms with Gasteiger partial charge in [-0.05, 0) is 41.8 Å². The fourth-order valence-electron chi connectivity index (χ4n) is 1.66. The van der Waals surface area contributed by atoms with Crippen molar-refractivity contribution in [2.75, 3.05) is 0 Å². The lowest BCUT2D eigenvalue weighted by atomic mass is 10.1. The summed E-state index contributed by atoms with van der Waals surface area (Å²) in [6.07, 6.45) is 4.00. The zero-order valence-corrected chi connectivity index (χ0v) is 12.7. The summed E-state index contributed by atoms with van der Waals surface area (Å²) in [5.41, 5.74) is 0. The van der Waals surface area contributed by atoms with Gasteiger partial charge in [-0.2, -0.15) is 0 Å². The van der Waals surface area contributed by atoms with Gasteiger partial charge >= 0.3 is 0 Å². The van der Waals surface area contributed by atoms with Crippen LogP contribution >= 0.6 is 11.3 Å². The van der Waals surface area contributed by atoms with Crippen molar-refractivity contribution in [2.24, 2.45) is 11.8 Å². The molecule has 0 spiro atoms. The van der Waals surface area contributed by atoms with Gasteiger partial charge in [-0.3, -0.25) is 0 Å². The molecule has 2 heteroatoms. The predicted octanol–water partition coefficient (Wildman–Crippen LogP) is 5.42. The van der Waals surface area contributed by atoms with Crippen molar-refractivity contribution in [2.45, 2.75) is 40.5 Å². The van der Waals surface area contributed by atoms with Gasteiger partial charge < -0.3 is 4.42 Å². The second kappa shape index (κ2) is 8.15. The average molecular weight is 264 g/mol. The molecule has 0 atom stereocenters. The lowest BCUT2D eigenvalue weighted by molar-refractivity contribution is 0.472. The van der Waals surface area contributed by atoms with Crippen molar-refractivity contribution >= 4 is 11.3 Å². The predicted molar refractivity (Wildman–Crippen MR) is 80.1 cm³/mol. The van der Waals surface area contributed by atoms with Crippen LogP contribution in [0.4, 0.5) is 0 Å². The van der Waals surface area contributed by atoms with Gasteiger partial charge in [0.05, 0.1) is 6.26 Å². The normalized spacial score (nSPS) is 10.6. The van der Waals surface area contributed by atoms with Crippen LogP contribution in [0.3, 0.4) is 0 Å². The van der Waals surface area contributed by atoms with Gasteiger partial charge in [-0.15, -0.1) is 11.3 Å². The maximum Gasteiger partial charge on any atom is 0.104 e. The van der Waals surface area contributed by atoms with Crippen molar-refractivity contribution in [3.05, 3.63) is 46.5 Å². The quantitative estimate of drug-likeness (QED) is 0.718. The Bertz CT molecular complexity index is 344. The fourth-order valence-corrected chi connectivity index (χ4v) is 2.58. The summed E-state index contributed by atoms with van der Waals surface area (Å²) in [7, 11) is 0. The summed E-state index contributed by atoms with van der Waals surface area (Å²) in [6, 6.07) is 8.25. The molecule has 0 N–H and O–H groups in total. The second-order valence-corrected chi connectivity index (χ2v) is 6.39. The summed E-state index contributed by atoms with van der Waals surface area (Å²) < 4.78 is 5.14. The number of thiophene rings is 1. The van der Waals surface area contributed by atoms with Crippen LogP contribution in [0.1, 0.15) is 38.3 Å². The molecule has 0 aromatic carbocycles. The highest BCUT2D eigenvalue weighted by Gasteiger charge is 1.97. The van der Waals surface area contributed by atoms with Crippen LogP contribution in [-0.4, -0.2) is 0 Å². The summed E-state index contributed by atoms with van der Waals surface area (Å²) >= 11 is 1.85. The van der Waals surface area contributed by atoms with Gasteiger partial charge in [0.2, 0.25) is 0 Å². The van der Waals surface area contributed by atoms with Crippen molar-refractivity contribution in [1.29, 1.82) is 0 Å². The van der Waals surface area contributed by atoms with Gasteiger partial charge in [0.25, 0.3) is 0 Å². The summed E-state index contributed by atoms with van der Waals surface area (Å²) in [5, 5.41) is 2.14.